The second-order valence-corrected chi connectivity index (χ2v) is 9.72. The fraction of sp³-hybridized carbons (Fsp3) is 0.435. The molecule has 1 heterocycles. The normalized spacial score (nSPS) is 16.0. The molecule has 1 aliphatic heterocycles. The Balaban J connectivity index is 1.64. The first-order valence-electron chi connectivity index (χ1n) is 9.88. The Hall–Kier alpha value is -1.17. The number of hydrogen-bond donors (Lipinski definition) is 2. The predicted octanol–water partition coefficient (Wildman–Crippen LogP) is 5.55. The third-order valence-electron chi connectivity index (χ3n) is 5.92. The molecule has 0 radical (unpaired) electrons. The van der Waals surface area contributed by atoms with Crippen LogP contribution in [0.2, 0.25) is 0 Å². The summed E-state index contributed by atoms with van der Waals surface area (Å²) in [7, 11) is 0. The number of amides is 1. The van der Waals surface area contributed by atoms with Crippen molar-refractivity contribution in [3.8, 4) is 0 Å². The highest BCUT2D eigenvalue weighted by Gasteiger charge is 2.34. The van der Waals surface area contributed by atoms with Gasteiger partial charge in [0.2, 0.25) is 5.91 Å². The summed E-state index contributed by atoms with van der Waals surface area (Å²) in [5.74, 6) is 0.123. The van der Waals surface area contributed by atoms with E-state index in [1.807, 2.05) is 18.2 Å². The monoisotopic (exact) mass is 506 g/mol. The molecule has 1 amide bonds. The van der Waals surface area contributed by atoms with Crippen LogP contribution in [0.3, 0.4) is 0 Å². The second kappa shape index (κ2) is 9.55. The van der Waals surface area contributed by atoms with Crippen LogP contribution in [0, 0.1) is 13.8 Å². The Morgan fingerprint density at radius 3 is 2.36 bits per heavy atom. The molecule has 0 aliphatic carbocycles. The quantitative estimate of drug-likeness (QED) is 0.538. The molecule has 1 saturated heterocycles. The van der Waals surface area contributed by atoms with Crippen LogP contribution >= 0.6 is 31.9 Å². The number of rotatable bonds is 6. The SMILES string of the molecule is Cc1ccc(C2(CCC(=O)NCc3cc(Br)cc(Br)c3)CCNCC2)cc1C. The van der Waals surface area contributed by atoms with Crippen molar-refractivity contribution in [1.29, 1.82) is 0 Å². The van der Waals surface area contributed by atoms with E-state index in [1.165, 1.54) is 16.7 Å². The van der Waals surface area contributed by atoms with E-state index in [4.69, 9.17) is 0 Å². The van der Waals surface area contributed by atoms with Gasteiger partial charge in [0, 0.05) is 21.9 Å². The zero-order valence-electron chi connectivity index (χ0n) is 16.6. The van der Waals surface area contributed by atoms with Gasteiger partial charge in [-0.2, -0.15) is 0 Å². The van der Waals surface area contributed by atoms with Crippen LogP contribution in [0.5, 0.6) is 0 Å². The largest absolute Gasteiger partial charge is 0.352 e. The summed E-state index contributed by atoms with van der Waals surface area (Å²) in [4.78, 5) is 12.6. The fourth-order valence-corrected chi connectivity index (χ4v) is 5.40. The van der Waals surface area contributed by atoms with Gasteiger partial charge in [-0.3, -0.25) is 4.79 Å². The summed E-state index contributed by atoms with van der Waals surface area (Å²) >= 11 is 7.00. The molecule has 1 aliphatic rings. The highest BCUT2D eigenvalue weighted by atomic mass is 79.9. The Morgan fingerprint density at radius 2 is 1.71 bits per heavy atom. The molecule has 0 unspecified atom stereocenters. The number of carbonyl (C=O) groups excluding carboxylic acids is 1. The number of aryl methyl sites for hydroxylation is 2. The molecule has 2 aromatic rings. The highest BCUT2D eigenvalue weighted by Crippen LogP contribution is 2.38. The zero-order chi connectivity index (χ0) is 20.1. The Labute approximate surface area is 184 Å². The number of halogens is 2. The van der Waals surface area contributed by atoms with Crippen molar-refractivity contribution in [3.05, 3.63) is 67.6 Å². The summed E-state index contributed by atoms with van der Waals surface area (Å²) in [5, 5.41) is 6.56. The van der Waals surface area contributed by atoms with Crippen molar-refractivity contribution in [3.63, 3.8) is 0 Å². The first-order chi connectivity index (χ1) is 13.4. The lowest BCUT2D eigenvalue weighted by Crippen LogP contribution is -2.41. The number of benzene rings is 2. The standard InChI is InChI=1S/C23H28Br2N2O/c1-16-3-4-19(11-17(16)2)23(7-9-26-10-8-23)6-5-22(28)27-15-18-12-20(24)14-21(25)13-18/h3-4,11-14,26H,5-10,15H2,1-2H3,(H,27,28). The second-order valence-electron chi connectivity index (χ2n) is 7.88. The van der Waals surface area contributed by atoms with E-state index in [9.17, 15) is 4.79 Å². The van der Waals surface area contributed by atoms with Crippen LogP contribution in [-0.2, 0) is 16.8 Å². The number of nitrogens with one attached hydrogen (secondary N) is 2. The van der Waals surface area contributed by atoms with Crippen molar-refractivity contribution in [2.24, 2.45) is 0 Å². The van der Waals surface area contributed by atoms with E-state index in [0.29, 0.717) is 13.0 Å². The molecule has 3 rings (SSSR count). The topological polar surface area (TPSA) is 41.1 Å². The maximum Gasteiger partial charge on any atom is 0.220 e. The molecule has 0 atom stereocenters. The molecule has 0 aromatic heterocycles. The number of piperidine rings is 1. The molecule has 1 fully saturated rings. The smallest absolute Gasteiger partial charge is 0.220 e. The maximum absolute atomic E-state index is 12.6. The molecule has 2 N–H and O–H groups in total. The third-order valence-corrected chi connectivity index (χ3v) is 6.84. The van der Waals surface area contributed by atoms with Crippen molar-refractivity contribution in [2.45, 2.75) is 51.5 Å². The molecule has 2 aromatic carbocycles. The number of carbonyl (C=O) groups is 1. The third kappa shape index (κ3) is 5.46. The molecule has 5 heteroatoms. The predicted molar refractivity (Wildman–Crippen MR) is 123 cm³/mol. The van der Waals surface area contributed by atoms with E-state index >= 15 is 0 Å². The van der Waals surface area contributed by atoms with Crippen LogP contribution in [0.1, 0.15) is 47.9 Å². The summed E-state index contributed by atoms with van der Waals surface area (Å²) in [6.07, 6.45) is 3.62. The van der Waals surface area contributed by atoms with Gasteiger partial charge in [0.05, 0.1) is 0 Å². The highest BCUT2D eigenvalue weighted by molar-refractivity contribution is 9.11. The zero-order valence-corrected chi connectivity index (χ0v) is 19.8. The minimum absolute atomic E-state index is 0.0971. The van der Waals surface area contributed by atoms with Crippen LogP contribution < -0.4 is 10.6 Å². The molecular weight excluding hydrogens is 480 g/mol. The Kier molecular flexibility index (Phi) is 7.35. The molecule has 0 spiro atoms. The average molecular weight is 508 g/mol. The summed E-state index contributed by atoms with van der Waals surface area (Å²) in [5.41, 5.74) is 5.23. The summed E-state index contributed by atoms with van der Waals surface area (Å²) in [6.45, 7) is 6.91. The average Bonchev–Trinajstić information content (AvgIpc) is 2.67. The van der Waals surface area contributed by atoms with E-state index in [1.54, 1.807) is 0 Å². The van der Waals surface area contributed by atoms with Crippen molar-refractivity contribution in [2.75, 3.05) is 13.1 Å². The summed E-state index contributed by atoms with van der Waals surface area (Å²) in [6, 6.07) is 12.9. The lowest BCUT2D eigenvalue weighted by Gasteiger charge is -2.38. The Morgan fingerprint density at radius 1 is 1.04 bits per heavy atom. The Bertz CT molecular complexity index is 824. The van der Waals surface area contributed by atoms with Gasteiger partial charge < -0.3 is 10.6 Å². The molecule has 3 nitrogen and oxygen atoms in total. The minimum Gasteiger partial charge on any atom is -0.352 e. The van der Waals surface area contributed by atoms with Crippen LogP contribution in [0.4, 0.5) is 0 Å². The van der Waals surface area contributed by atoms with Crippen molar-refractivity contribution >= 4 is 37.8 Å². The van der Waals surface area contributed by atoms with Crippen LogP contribution in [-0.4, -0.2) is 19.0 Å². The molecule has 0 saturated carbocycles. The van der Waals surface area contributed by atoms with Crippen molar-refractivity contribution < 1.29 is 4.79 Å². The van der Waals surface area contributed by atoms with Gasteiger partial charge in [0.1, 0.15) is 0 Å². The van der Waals surface area contributed by atoms with E-state index in [0.717, 1.165) is 46.9 Å². The maximum atomic E-state index is 12.6. The molecule has 150 valence electrons. The van der Waals surface area contributed by atoms with E-state index < -0.39 is 0 Å². The molecule has 0 bridgehead atoms. The van der Waals surface area contributed by atoms with Crippen molar-refractivity contribution in [1.82, 2.24) is 10.6 Å². The van der Waals surface area contributed by atoms with E-state index in [-0.39, 0.29) is 11.3 Å². The molecule has 28 heavy (non-hydrogen) atoms. The van der Waals surface area contributed by atoms with Crippen LogP contribution in [0.25, 0.3) is 0 Å². The van der Waals surface area contributed by atoms with E-state index in [2.05, 4.69) is 74.5 Å². The first kappa shape index (κ1) is 21.5. The number of hydrogen-bond acceptors (Lipinski definition) is 2. The lowest BCUT2D eigenvalue weighted by molar-refractivity contribution is -0.121. The van der Waals surface area contributed by atoms with Gasteiger partial charge in [-0.1, -0.05) is 50.1 Å². The molecular formula is C23H28Br2N2O. The van der Waals surface area contributed by atoms with Gasteiger partial charge in [-0.15, -0.1) is 0 Å². The van der Waals surface area contributed by atoms with Gasteiger partial charge in [-0.25, -0.2) is 0 Å². The first-order valence-corrected chi connectivity index (χ1v) is 11.5. The van der Waals surface area contributed by atoms with Gasteiger partial charge >= 0.3 is 0 Å². The minimum atomic E-state index is 0.0971. The van der Waals surface area contributed by atoms with Gasteiger partial charge in [0.15, 0.2) is 0 Å². The van der Waals surface area contributed by atoms with Gasteiger partial charge in [0.25, 0.3) is 0 Å². The fourth-order valence-electron chi connectivity index (χ4n) is 4.01. The lowest BCUT2D eigenvalue weighted by atomic mass is 9.69. The van der Waals surface area contributed by atoms with Crippen LogP contribution in [0.15, 0.2) is 45.3 Å². The summed E-state index contributed by atoms with van der Waals surface area (Å²) < 4.78 is 2.02. The van der Waals surface area contributed by atoms with Gasteiger partial charge in [-0.05, 0) is 92.1 Å².